The van der Waals surface area contributed by atoms with Crippen molar-refractivity contribution in [2.75, 3.05) is 32.0 Å². The normalized spacial score (nSPS) is 14.1. The van der Waals surface area contributed by atoms with E-state index in [1.165, 1.54) is 26.4 Å². The van der Waals surface area contributed by atoms with Gasteiger partial charge in [0.05, 0.1) is 14.2 Å². The van der Waals surface area contributed by atoms with Gasteiger partial charge in [-0.15, -0.1) is 0 Å². The minimum absolute atomic E-state index is 0.0411. The van der Waals surface area contributed by atoms with Crippen LogP contribution in [0.2, 0.25) is 0 Å². The van der Waals surface area contributed by atoms with E-state index in [0.717, 1.165) is 25.9 Å². The molecule has 3 rings (SSSR count). The topological polar surface area (TPSA) is 84.9 Å². The van der Waals surface area contributed by atoms with Gasteiger partial charge in [-0.2, -0.15) is 0 Å². The molecule has 1 heterocycles. The highest BCUT2D eigenvalue weighted by Gasteiger charge is 2.23. The fourth-order valence-corrected chi connectivity index (χ4v) is 4.26. The van der Waals surface area contributed by atoms with Gasteiger partial charge < -0.3 is 14.4 Å². The number of methoxy groups -OCH3 is 2. The van der Waals surface area contributed by atoms with Crippen LogP contribution in [0.4, 0.5) is 5.69 Å². The summed E-state index contributed by atoms with van der Waals surface area (Å²) < 4.78 is 38.5. The summed E-state index contributed by atoms with van der Waals surface area (Å²) >= 11 is 0. The molecule has 0 aromatic heterocycles. The van der Waals surface area contributed by atoms with Crippen LogP contribution in [0.5, 0.6) is 11.5 Å². The summed E-state index contributed by atoms with van der Waals surface area (Å²) in [6.07, 6.45) is 1.99. The zero-order chi connectivity index (χ0) is 19.4. The van der Waals surface area contributed by atoms with Crippen molar-refractivity contribution in [2.45, 2.75) is 17.7 Å². The van der Waals surface area contributed by atoms with Gasteiger partial charge in [0.25, 0.3) is 15.9 Å². The fraction of sp³-hybridized carbons (Fsp3) is 0.316. The number of rotatable bonds is 6. The summed E-state index contributed by atoms with van der Waals surface area (Å²) in [5, 5.41) is 0. The van der Waals surface area contributed by atoms with Crippen molar-refractivity contribution in [3.8, 4) is 11.5 Å². The molecule has 0 bridgehead atoms. The Morgan fingerprint density at radius 2 is 1.78 bits per heavy atom. The lowest BCUT2D eigenvalue weighted by atomic mass is 10.2. The molecule has 144 valence electrons. The average molecular weight is 390 g/mol. The third kappa shape index (κ3) is 4.16. The van der Waals surface area contributed by atoms with E-state index in [1.807, 2.05) is 0 Å². The second-order valence-corrected chi connectivity index (χ2v) is 7.85. The molecule has 7 nitrogen and oxygen atoms in total. The number of amides is 1. The molecule has 0 saturated carbocycles. The molecule has 0 radical (unpaired) electrons. The van der Waals surface area contributed by atoms with E-state index in [4.69, 9.17) is 9.47 Å². The standard InChI is InChI=1S/C19H22N2O5S/c1-25-16-8-9-17(26-2)18(13-16)27(23,24)20-15-7-5-6-14(12-15)19(22)21-10-3-4-11-21/h5-9,12-13,20H,3-4,10-11H2,1-2H3. The predicted octanol–water partition coefficient (Wildman–Crippen LogP) is 2.74. The van der Waals surface area contributed by atoms with E-state index in [1.54, 1.807) is 35.2 Å². The van der Waals surface area contributed by atoms with Gasteiger partial charge in [-0.05, 0) is 43.2 Å². The van der Waals surface area contributed by atoms with Crippen LogP contribution in [0.15, 0.2) is 47.4 Å². The minimum atomic E-state index is -3.93. The second-order valence-electron chi connectivity index (χ2n) is 6.20. The van der Waals surface area contributed by atoms with Crippen LogP contribution in [0.3, 0.4) is 0 Å². The second kappa shape index (κ2) is 7.87. The maximum atomic E-state index is 12.8. The summed E-state index contributed by atoms with van der Waals surface area (Å²) in [5.41, 5.74) is 0.764. The van der Waals surface area contributed by atoms with Crippen LogP contribution >= 0.6 is 0 Å². The number of carbonyl (C=O) groups is 1. The van der Waals surface area contributed by atoms with Crippen LogP contribution < -0.4 is 14.2 Å². The molecule has 0 aliphatic carbocycles. The average Bonchev–Trinajstić information content (AvgIpc) is 3.21. The molecule has 1 amide bonds. The maximum Gasteiger partial charge on any atom is 0.265 e. The summed E-state index contributed by atoms with van der Waals surface area (Å²) in [4.78, 5) is 14.3. The van der Waals surface area contributed by atoms with Gasteiger partial charge in [-0.25, -0.2) is 8.42 Å². The lowest BCUT2D eigenvalue weighted by molar-refractivity contribution is 0.0793. The van der Waals surface area contributed by atoms with Crippen molar-refractivity contribution in [3.05, 3.63) is 48.0 Å². The molecule has 0 spiro atoms. The van der Waals surface area contributed by atoms with Gasteiger partial charge in [0, 0.05) is 30.4 Å². The molecule has 1 fully saturated rings. The Morgan fingerprint density at radius 3 is 2.44 bits per heavy atom. The van der Waals surface area contributed by atoms with E-state index in [2.05, 4.69) is 4.72 Å². The van der Waals surface area contributed by atoms with Crippen molar-refractivity contribution in [3.63, 3.8) is 0 Å². The predicted molar refractivity (Wildman–Crippen MR) is 102 cm³/mol. The Kier molecular flexibility index (Phi) is 5.55. The summed E-state index contributed by atoms with van der Waals surface area (Å²) in [6, 6.07) is 11.0. The first-order valence-electron chi connectivity index (χ1n) is 8.59. The first-order chi connectivity index (χ1) is 12.9. The van der Waals surface area contributed by atoms with E-state index in [-0.39, 0.29) is 16.6 Å². The smallest absolute Gasteiger partial charge is 0.265 e. The summed E-state index contributed by atoms with van der Waals surface area (Å²) in [6.45, 7) is 1.46. The lowest BCUT2D eigenvalue weighted by Gasteiger charge is -2.16. The highest BCUT2D eigenvalue weighted by Crippen LogP contribution is 2.30. The molecular formula is C19H22N2O5S. The van der Waals surface area contributed by atoms with Crippen molar-refractivity contribution >= 4 is 21.6 Å². The van der Waals surface area contributed by atoms with Crippen molar-refractivity contribution in [1.29, 1.82) is 0 Å². The van der Waals surface area contributed by atoms with Gasteiger partial charge in [0.2, 0.25) is 0 Å². The zero-order valence-electron chi connectivity index (χ0n) is 15.3. The minimum Gasteiger partial charge on any atom is -0.497 e. The van der Waals surface area contributed by atoms with Gasteiger partial charge in [0.1, 0.15) is 16.4 Å². The number of anilines is 1. The molecule has 1 saturated heterocycles. The lowest BCUT2D eigenvalue weighted by Crippen LogP contribution is -2.27. The van der Waals surface area contributed by atoms with Crippen molar-refractivity contribution < 1.29 is 22.7 Å². The molecule has 1 aliphatic heterocycles. The SMILES string of the molecule is COc1ccc(OC)c(S(=O)(=O)Nc2cccc(C(=O)N3CCCC3)c2)c1. The molecule has 27 heavy (non-hydrogen) atoms. The van der Waals surface area contributed by atoms with Crippen LogP contribution in [0.1, 0.15) is 23.2 Å². The molecule has 1 aliphatic rings. The highest BCUT2D eigenvalue weighted by atomic mass is 32.2. The molecule has 0 unspecified atom stereocenters. The Labute approximate surface area is 158 Å². The summed E-state index contributed by atoms with van der Waals surface area (Å²) in [7, 11) is -1.07. The van der Waals surface area contributed by atoms with Gasteiger partial charge in [-0.1, -0.05) is 6.07 Å². The van der Waals surface area contributed by atoms with Crippen molar-refractivity contribution in [1.82, 2.24) is 4.90 Å². The Bertz CT molecular complexity index is 937. The quantitative estimate of drug-likeness (QED) is 0.820. The molecule has 8 heteroatoms. The molecule has 1 N–H and O–H groups in total. The van der Waals surface area contributed by atoms with Crippen LogP contribution in [-0.2, 0) is 10.0 Å². The van der Waals surface area contributed by atoms with E-state index < -0.39 is 10.0 Å². The maximum absolute atomic E-state index is 12.8. The monoisotopic (exact) mass is 390 g/mol. The fourth-order valence-electron chi connectivity index (χ4n) is 3.02. The number of carbonyl (C=O) groups excluding carboxylic acids is 1. The van der Waals surface area contributed by atoms with Crippen LogP contribution in [0.25, 0.3) is 0 Å². The highest BCUT2D eigenvalue weighted by molar-refractivity contribution is 7.92. The molecular weight excluding hydrogens is 368 g/mol. The first kappa shape index (κ1) is 19.0. The van der Waals surface area contributed by atoms with Gasteiger partial charge in [0.15, 0.2) is 0 Å². The number of likely N-dealkylation sites (tertiary alicyclic amines) is 1. The first-order valence-corrected chi connectivity index (χ1v) is 10.1. The zero-order valence-corrected chi connectivity index (χ0v) is 16.1. The number of hydrogen-bond donors (Lipinski definition) is 1. The largest absolute Gasteiger partial charge is 0.497 e. The molecule has 2 aromatic rings. The van der Waals surface area contributed by atoms with Crippen LogP contribution in [0, 0.1) is 0 Å². The third-order valence-corrected chi connectivity index (χ3v) is 5.82. The number of ether oxygens (including phenoxy) is 2. The Morgan fingerprint density at radius 1 is 1.04 bits per heavy atom. The Balaban J connectivity index is 1.88. The number of benzene rings is 2. The Hall–Kier alpha value is -2.74. The van der Waals surface area contributed by atoms with E-state index in [9.17, 15) is 13.2 Å². The number of hydrogen-bond acceptors (Lipinski definition) is 5. The third-order valence-electron chi connectivity index (χ3n) is 4.42. The van der Waals surface area contributed by atoms with E-state index in [0.29, 0.717) is 17.0 Å². The van der Waals surface area contributed by atoms with E-state index >= 15 is 0 Å². The summed E-state index contributed by atoms with van der Waals surface area (Å²) in [5.74, 6) is 0.509. The van der Waals surface area contributed by atoms with Gasteiger partial charge >= 0.3 is 0 Å². The van der Waals surface area contributed by atoms with Crippen molar-refractivity contribution in [2.24, 2.45) is 0 Å². The molecule has 2 aromatic carbocycles. The van der Waals surface area contributed by atoms with Gasteiger partial charge in [-0.3, -0.25) is 9.52 Å². The molecule has 0 atom stereocenters. The number of nitrogens with one attached hydrogen (secondary N) is 1. The number of sulfonamides is 1. The van der Waals surface area contributed by atoms with Crippen LogP contribution in [-0.4, -0.2) is 46.5 Å². The number of nitrogens with zero attached hydrogens (tertiary/aromatic N) is 1.